The lowest BCUT2D eigenvalue weighted by molar-refractivity contribution is 0.00328. The first-order valence-corrected chi connectivity index (χ1v) is 11.8. The third kappa shape index (κ3) is 6.36. The number of carbonyl (C=O) groups is 1. The SMILES string of the molecule is COc1cccc(CO[C@@H](CN2CCN(C(=O)c3c(F)cccc3F)CC2)c2ccc(Cl)cc2)c1. The Balaban J connectivity index is 1.41. The van der Waals surface area contributed by atoms with Gasteiger partial charge in [0.1, 0.15) is 22.9 Å². The third-order valence-electron chi connectivity index (χ3n) is 6.09. The molecule has 0 unspecified atom stereocenters. The average Bonchev–Trinajstić information content (AvgIpc) is 2.87. The smallest absolute Gasteiger partial charge is 0.259 e. The van der Waals surface area contributed by atoms with Crippen LogP contribution >= 0.6 is 11.6 Å². The molecule has 8 heteroatoms. The van der Waals surface area contributed by atoms with Gasteiger partial charge in [-0.1, -0.05) is 41.9 Å². The van der Waals surface area contributed by atoms with Gasteiger partial charge in [-0.3, -0.25) is 9.69 Å². The summed E-state index contributed by atoms with van der Waals surface area (Å²) in [6.45, 7) is 2.87. The Morgan fingerprint density at radius 1 is 0.971 bits per heavy atom. The summed E-state index contributed by atoms with van der Waals surface area (Å²) < 4.78 is 39.7. The Bertz CT molecular complexity index is 1130. The van der Waals surface area contributed by atoms with Crippen molar-refractivity contribution in [3.63, 3.8) is 0 Å². The fourth-order valence-electron chi connectivity index (χ4n) is 4.12. The number of hydrogen-bond donors (Lipinski definition) is 0. The number of hydrogen-bond acceptors (Lipinski definition) is 4. The molecule has 0 spiro atoms. The van der Waals surface area contributed by atoms with Crippen molar-refractivity contribution in [1.82, 2.24) is 9.80 Å². The Labute approximate surface area is 208 Å². The first-order valence-electron chi connectivity index (χ1n) is 11.4. The zero-order valence-corrected chi connectivity index (χ0v) is 20.2. The lowest BCUT2D eigenvalue weighted by Gasteiger charge is -2.36. The lowest BCUT2D eigenvalue weighted by atomic mass is 10.1. The highest BCUT2D eigenvalue weighted by atomic mass is 35.5. The maximum Gasteiger partial charge on any atom is 0.259 e. The molecule has 1 saturated heterocycles. The van der Waals surface area contributed by atoms with Gasteiger partial charge in [-0.2, -0.15) is 0 Å². The molecule has 1 aliphatic heterocycles. The van der Waals surface area contributed by atoms with E-state index in [4.69, 9.17) is 21.1 Å². The van der Waals surface area contributed by atoms with Gasteiger partial charge in [0, 0.05) is 37.7 Å². The molecule has 1 heterocycles. The summed E-state index contributed by atoms with van der Waals surface area (Å²) in [5.41, 5.74) is 1.48. The van der Waals surface area contributed by atoms with E-state index in [9.17, 15) is 13.6 Å². The minimum Gasteiger partial charge on any atom is -0.497 e. The Morgan fingerprint density at radius 3 is 2.29 bits per heavy atom. The molecule has 3 aromatic rings. The summed E-state index contributed by atoms with van der Waals surface area (Å²) in [6, 6.07) is 18.7. The highest BCUT2D eigenvalue weighted by Gasteiger charge is 2.28. The molecule has 0 radical (unpaired) electrons. The van der Waals surface area contributed by atoms with Crippen molar-refractivity contribution in [2.75, 3.05) is 39.8 Å². The maximum absolute atomic E-state index is 14.1. The molecule has 3 aromatic carbocycles. The number of benzene rings is 3. The van der Waals surface area contributed by atoms with E-state index in [0.29, 0.717) is 44.4 Å². The summed E-state index contributed by atoms with van der Waals surface area (Å²) >= 11 is 6.08. The van der Waals surface area contributed by atoms with Crippen LogP contribution in [-0.2, 0) is 11.3 Å². The van der Waals surface area contributed by atoms with Gasteiger partial charge in [0.2, 0.25) is 0 Å². The number of halogens is 3. The van der Waals surface area contributed by atoms with E-state index >= 15 is 0 Å². The second-order valence-corrected chi connectivity index (χ2v) is 8.83. The zero-order valence-electron chi connectivity index (χ0n) is 19.4. The molecular weight excluding hydrogens is 474 g/mol. The van der Waals surface area contributed by atoms with E-state index < -0.39 is 23.1 Å². The van der Waals surface area contributed by atoms with E-state index in [0.717, 1.165) is 29.0 Å². The number of nitrogens with zero attached hydrogens (tertiary/aromatic N) is 2. The molecule has 1 fully saturated rings. The van der Waals surface area contributed by atoms with E-state index in [1.807, 2.05) is 48.5 Å². The van der Waals surface area contributed by atoms with E-state index in [1.54, 1.807) is 7.11 Å². The standard InChI is InChI=1S/C27H27ClF2N2O3/c1-34-22-5-2-4-19(16-22)18-35-25(20-8-10-21(28)11-9-20)17-31-12-14-32(15-13-31)27(33)26-23(29)6-3-7-24(26)30/h2-11,16,25H,12-15,17-18H2,1H3/t25-/m0/s1. The zero-order chi connectivity index (χ0) is 24.8. The number of methoxy groups -OCH3 is 1. The van der Waals surface area contributed by atoms with Gasteiger partial charge in [0.25, 0.3) is 5.91 Å². The Kier molecular flexibility index (Phi) is 8.33. The molecule has 35 heavy (non-hydrogen) atoms. The molecule has 184 valence electrons. The van der Waals surface area contributed by atoms with Gasteiger partial charge in [0.15, 0.2) is 0 Å². The predicted molar refractivity (Wildman–Crippen MR) is 131 cm³/mol. The molecule has 0 N–H and O–H groups in total. The molecule has 0 aromatic heterocycles. The van der Waals surface area contributed by atoms with Gasteiger partial charge in [0.05, 0.1) is 19.8 Å². The highest BCUT2D eigenvalue weighted by Crippen LogP contribution is 2.25. The summed E-state index contributed by atoms with van der Waals surface area (Å²) in [5, 5.41) is 0.646. The minimum atomic E-state index is -0.842. The van der Waals surface area contributed by atoms with Crippen molar-refractivity contribution in [3.8, 4) is 5.75 Å². The average molecular weight is 501 g/mol. The summed E-state index contributed by atoms with van der Waals surface area (Å²) in [5.74, 6) is -1.54. The molecule has 0 bridgehead atoms. The molecule has 5 nitrogen and oxygen atoms in total. The van der Waals surface area contributed by atoms with E-state index in [1.165, 1.54) is 11.0 Å². The van der Waals surface area contributed by atoms with E-state index in [2.05, 4.69) is 4.90 Å². The quantitative estimate of drug-likeness (QED) is 0.418. The van der Waals surface area contributed by atoms with Gasteiger partial charge in [-0.25, -0.2) is 8.78 Å². The summed E-state index contributed by atoms with van der Waals surface area (Å²) in [4.78, 5) is 16.4. The van der Waals surface area contributed by atoms with Crippen LogP contribution in [0.5, 0.6) is 5.75 Å². The topological polar surface area (TPSA) is 42.0 Å². The summed E-state index contributed by atoms with van der Waals surface area (Å²) in [7, 11) is 1.63. The largest absolute Gasteiger partial charge is 0.497 e. The van der Waals surface area contributed by atoms with Crippen molar-refractivity contribution in [2.45, 2.75) is 12.7 Å². The van der Waals surface area contributed by atoms with Crippen LogP contribution in [0, 0.1) is 11.6 Å². The molecule has 1 amide bonds. The van der Waals surface area contributed by atoms with Crippen molar-refractivity contribution in [2.24, 2.45) is 0 Å². The molecule has 0 aliphatic carbocycles. The number of ether oxygens (including phenoxy) is 2. The van der Waals surface area contributed by atoms with Crippen LogP contribution in [0.2, 0.25) is 5.02 Å². The second-order valence-electron chi connectivity index (χ2n) is 8.39. The molecular formula is C27H27ClF2N2O3. The van der Waals surface area contributed by atoms with Crippen LogP contribution in [0.4, 0.5) is 8.78 Å². The van der Waals surface area contributed by atoms with Crippen LogP contribution < -0.4 is 4.74 Å². The van der Waals surface area contributed by atoms with Crippen molar-refractivity contribution in [1.29, 1.82) is 0 Å². The monoisotopic (exact) mass is 500 g/mol. The molecule has 4 rings (SSSR count). The normalized spacial score (nSPS) is 15.1. The van der Waals surface area contributed by atoms with Crippen LogP contribution in [0.25, 0.3) is 0 Å². The number of amides is 1. The molecule has 0 saturated carbocycles. The first kappa shape index (κ1) is 25.1. The van der Waals surface area contributed by atoms with Gasteiger partial charge < -0.3 is 14.4 Å². The van der Waals surface area contributed by atoms with Crippen molar-refractivity contribution in [3.05, 3.63) is 100 Å². The van der Waals surface area contributed by atoms with Crippen molar-refractivity contribution >= 4 is 17.5 Å². The number of piperazine rings is 1. The van der Waals surface area contributed by atoms with Crippen LogP contribution in [-0.4, -0.2) is 55.5 Å². The lowest BCUT2D eigenvalue weighted by Crippen LogP contribution is -2.50. The fourth-order valence-corrected chi connectivity index (χ4v) is 4.25. The summed E-state index contributed by atoms with van der Waals surface area (Å²) in [6.07, 6.45) is -0.232. The van der Waals surface area contributed by atoms with Crippen LogP contribution in [0.15, 0.2) is 66.7 Å². The minimum absolute atomic E-state index is 0.232. The number of rotatable bonds is 8. The maximum atomic E-state index is 14.1. The Morgan fingerprint density at radius 2 is 1.63 bits per heavy atom. The van der Waals surface area contributed by atoms with Crippen LogP contribution in [0.1, 0.15) is 27.6 Å². The Hall–Kier alpha value is -3.00. The fraction of sp³-hybridized carbons (Fsp3) is 0.296. The third-order valence-corrected chi connectivity index (χ3v) is 6.34. The van der Waals surface area contributed by atoms with Crippen molar-refractivity contribution < 1.29 is 23.0 Å². The van der Waals surface area contributed by atoms with Crippen LogP contribution in [0.3, 0.4) is 0 Å². The van der Waals surface area contributed by atoms with Gasteiger partial charge >= 0.3 is 0 Å². The highest BCUT2D eigenvalue weighted by molar-refractivity contribution is 6.30. The van der Waals surface area contributed by atoms with Gasteiger partial charge in [-0.05, 0) is 47.5 Å². The number of carbonyl (C=O) groups excluding carboxylic acids is 1. The molecule has 1 atom stereocenters. The predicted octanol–water partition coefficient (Wildman–Crippen LogP) is 5.34. The second kappa shape index (κ2) is 11.6. The first-order chi connectivity index (χ1) is 16.9. The molecule has 1 aliphatic rings. The van der Waals surface area contributed by atoms with E-state index in [-0.39, 0.29) is 6.10 Å². The van der Waals surface area contributed by atoms with Gasteiger partial charge in [-0.15, -0.1) is 0 Å².